The zero-order valence-corrected chi connectivity index (χ0v) is 16.4. The summed E-state index contributed by atoms with van der Waals surface area (Å²) in [5.41, 5.74) is 2.25. The molecule has 0 bridgehead atoms. The lowest BCUT2D eigenvalue weighted by Crippen LogP contribution is -2.44. The first-order chi connectivity index (χ1) is 13.8. The van der Waals surface area contributed by atoms with Gasteiger partial charge in [-0.05, 0) is 88.3 Å². The minimum absolute atomic E-state index is 0.591. The maximum absolute atomic E-state index is 9.23. The lowest BCUT2D eigenvalue weighted by Gasteiger charge is -2.36. The first-order valence-electron chi connectivity index (χ1n) is 10.4. The van der Waals surface area contributed by atoms with Crippen molar-refractivity contribution in [2.24, 2.45) is 0 Å². The number of aromatic nitrogens is 1. The summed E-state index contributed by atoms with van der Waals surface area (Å²) in [5, 5.41) is 9.23. The first kappa shape index (κ1) is 18.9. The Hall–Kier alpha value is -2.42. The van der Waals surface area contributed by atoms with Crippen LogP contribution in [0.15, 0.2) is 42.6 Å². The van der Waals surface area contributed by atoms with E-state index in [0.717, 1.165) is 29.6 Å². The number of pyridine rings is 1. The summed E-state index contributed by atoms with van der Waals surface area (Å²) in [7, 11) is 0. The maximum Gasteiger partial charge on any atom is 0.119 e. The third-order valence-corrected chi connectivity index (χ3v) is 5.95. The van der Waals surface area contributed by atoms with Gasteiger partial charge in [-0.3, -0.25) is 9.88 Å². The van der Waals surface area contributed by atoms with Crippen molar-refractivity contribution in [2.75, 3.05) is 39.3 Å². The molecule has 5 heteroatoms. The van der Waals surface area contributed by atoms with E-state index in [1.807, 2.05) is 24.3 Å². The molecule has 2 fully saturated rings. The lowest BCUT2D eigenvalue weighted by atomic mass is 10.0. The molecule has 3 heterocycles. The zero-order valence-electron chi connectivity index (χ0n) is 16.4. The Morgan fingerprint density at radius 2 is 1.79 bits per heavy atom. The molecule has 5 nitrogen and oxygen atoms in total. The van der Waals surface area contributed by atoms with Crippen LogP contribution in [0.5, 0.6) is 5.75 Å². The van der Waals surface area contributed by atoms with Gasteiger partial charge in [0.1, 0.15) is 18.4 Å². The third-order valence-electron chi connectivity index (χ3n) is 5.95. The molecule has 28 heavy (non-hydrogen) atoms. The van der Waals surface area contributed by atoms with E-state index >= 15 is 0 Å². The topological polar surface area (TPSA) is 52.4 Å². The third kappa shape index (κ3) is 4.52. The Morgan fingerprint density at radius 3 is 2.50 bits per heavy atom. The van der Waals surface area contributed by atoms with Crippen LogP contribution in [0, 0.1) is 11.3 Å². The molecule has 0 aliphatic carbocycles. The lowest BCUT2D eigenvalue weighted by molar-refractivity contribution is 0.114. The first-order valence-corrected chi connectivity index (χ1v) is 10.4. The summed E-state index contributed by atoms with van der Waals surface area (Å²) in [6.07, 6.45) is 7.06. The van der Waals surface area contributed by atoms with Crippen LogP contribution in [0.3, 0.4) is 0 Å². The largest absolute Gasteiger partial charge is 0.492 e. The zero-order chi connectivity index (χ0) is 19.2. The maximum atomic E-state index is 9.23. The Labute approximate surface area is 167 Å². The highest BCUT2D eigenvalue weighted by molar-refractivity contribution is 5.66. The molecule has 2 aliphatic heterocycles. The monoisotopic (exact) mass is 376 g/mol. The Morgan fingerprint density at radius 1 is 1.04 bits per heavy atom. The predicted octanol–water partition coefficient (Wildman–Crippen LogP) is 3.56. The highest BCUT2D eigenvalue weighted by Gasteiger charge is 2.26. The average molecular weight is 377 g/mol. The summed E-state index contributed by atoms with van der Waals surface area (Å²) < 4.78 is 5.95. The predicted molar refractivity (Wildman–Crippen MR) is 110 cm³/mol. The second kappa shape index (κ2) is 9.18. The van der Waals surface area contributed by atoms with E-state index in [2.05, 4.69) is 20.9 Å². The van der Waals surface area contributed by atoms with Gasteiger partial charge in [0.25, 0.3) is 0 Å². The molecule has 1 aromatic carbocycles. The molecule has 0 radical (unpaired) electrons. The van der Waals surface area contributed by atoms with Crippen molar-refractivity contribution in [2.45, 2.75) is 31.7 Å². The second-order valence-electron chi connectivity index (χ2n) is 7.70. The normalized spacial score (nSPS) is 18.8. The van der Waals surface area contributed by atoms with Crippen molar-refractivity contribution in [1.82, 2.24) is 14.8 Å². The SMILES string of the molecule is N#Cc1cccnc1-c1ccc(OCCN2CCC(N3CCCC3)CC2)cc1. The van der Waals surface area contributed by atoms with Crippen LogP contribution in [0.2, 0.25) is 0 Å². The summed E-state index contributed by atoms with van der Waals surface area (Å²) in [4.78, 5) is 9.54. The molecule has 146 valence electrons. The van der Waals surface area contributed by atoms with Crippen LogP contribution in [0.4, 0.5) is 0 Å². The van der Waals surface area contributed by atoms with Crippen LogP contribution in [-0.2, 0) is 0 Å². The fourth-order valence-electron chi connectivity index (χ4n) is 4.34. The van der Waals surface area contributed by atoms with Crippen LogP contribution in [-0.4, -0.2) is 60.2 Å². The number of ether oxygens (including phenoxy) is 1. The van der Waals surface area contributed by atoms with Gasteiger partial charge >= 0.3 is 0 Å². The van der Waals surface area contributed by atoms with Gasteiger partial charge in [0, 0.05) is 24.3 Å². The molecular weight excluding hydrogens is 348 g/mol. The second-order valence-corrected chi connectivity index (χ2v) is 7.70. The van der Waals surface area contributed by atoms with Crippen molar-refractivity contribution in [3.05, 3.63) is 48.2 Å². The van der Waals surface area contributed by atoms with E-state index in [1.165, 1.54) is 51.9 Å². The number of rotatable bonds is 6. The van der Waals surface area contributed by atoms with Crippen LogP contribution >= 0.6 is 0 Å². The molecule has 0 atom stereocenters. The van der Waals surface area contributed by atoms with Crippen molar-refractivity contribution < 1.29 is 4.74 Å². The van der Waals surface area contributed by atoms with Crippen LogP contribution < -0.4 is 4.74 Å². The highest BCUT2D eigenvalue weighted by Crippen LogP contribution is 2.24. The number of nitriles is 1. The smallest absolute Gasteiger partial charge is 0.119 e. The van der Waals surface area contributed by atoms with E-state index < -0.39 is 0 Å². The van der Waals surface area contributed by atoms with Gasteiger partial charge in [-0.2, -0.15) is 5.26 Å². The van der Waals surface area contributed by atoms with Crippen molar-refractivity contribution >= 4 is 0 Å². The van der Waals surface area contributed by atoms with E-state index in [9.17, 15) is 5.26 Å². The summed E-state index contributed by atoms with van der Waals surface area (Å²) in [6.45, 7) is 6.66. The van der Waals surface area contributed by atoms with E-state index in [0.29, 0.717) is 12.2 Å². The van der Waals surface area contributed by atoms with Gasteiger partial charge in [0.15, 0.2) is 0 Å². The molecule has 0 saturated carbocycles. The molecular formula is C23H28N4O. The minimum Gasteiger partial charge on any atom is -0.492 e. The van der Waals surface area contributed by atoms with Crippen molar-refractivity contribution in [3.8, 4) is 23.1 Å². The molecule has 2 aliphatic rings. The highest BCUT2D eigenvalue weighted by atomic mass is 16.5. The summed E-state index contributed by atoms with van der Waals surface area (Å²) in [5.74, 6) is 0.866. The Kier molecular flexibility index (Phi) is 6.20. The molecule has 0 spiro atoms. The molecule has 0 N–H and O–H groups in total. The Balaban J connectivity index is 1.23. The van der Waals surface area contributed by atoms with Gasteiger partial charge in [0.2, 0.25) is 0 Å². The van der Waals surface area contributed by atoms with Gasteiger partial charge in [-0.25, -0.2) is 0 Å². The fourth-order valence-corrected chi connectivity index (χ4v) is 4.34. The van der Waals surface area contributed by atoms with E-state index in [-0.39, 0.29) is 0 Å². The standard InChI is InChI=1S/C23H28N4O/c24-18-20-4-3-11-25-23(20)19-5-7-22(8-6-19)28-17-16-26-14-9-21(10-15-26)27-12-1-2-13-27/h3-8,11,21H,1-2,9-10,12-17H2. The van der Waals surface area contributed by atoms with Gasteiger partial charge < -0.3 is 9.64 Å². The van der Waals surface area contributed by atoms with Gasteiger partial charge in [-0.15, -0.1) is 0 Å². The summed E-state index contributed by atoms with van der Waals surface area (Å²) >= 11 is 0. The van der Waals surface area contributed by atoms with E-state index in [1.54, 1.807) is 18.3 Å². The van der Waals surface area contributed by atoms with Gasteiger partial charge in [0.05, 0.1) is 11.3 Å². The van der Waals surface area contributed by atoms with Crippen molar-refractivity contribution in [1.29, 1.82) is 5.26 Å². The number of hydrogen-bond donors (Lipinski definition) is 0. The quantitative estimate of drug-likeness (QED) is 0.772. The molecule has 0 amide bonds. The van der Waals surface area contributed by atoms with Gasteiger partial charge in [-0.1, -0.05) is 0 Å². The van der Waals surface area contributed by atoms with E-state index in [4.69, 9.17) is 4.74 Å². The molecule has 4 rings (SSSR count). The number of hydrogen-bond acceptors (Lipinski definition) is 5. The van der Waals surface area contributed by atoms with Crippen LogP contribution in [0.1, 0.15) is 31.2 Å². The number of likely N-dealkylation sites (tertiary alicyclic amines) is 2. The number of benzene rings is 1. The minimum atomic E-state index is 0.591. The number of nitrogens with zero attached hydrogens (tertiary/aromatic N) is 4. The van der Waals surface area contributed by atoms with Crippen molar-refractivity contribution in [3.63, 3.8) is 0 Å². The average Bonchev–Trinajstić information content (AvgIpc) is 3.30. The molecule has 1 aromatic heterocycles. The fraction of sp³-hybridized carbons (Fsp3) is 0.478. The Bertz CT molecular complexity index is 800. The number of piperidine rings is 1. The summed E-state index contributed by atoms with van der Waals surface area (Å²) in [6, 6.07) is 14.4. The molecule has 0 unspecified atom stereocenters. The van der Waals surface area contributed by atoms with Crippen LogP contribution in [0.25, 0.3) is 11.3 Å². The molecule has 2 saturated heterocycles. The molecule has 2 aromatic rings.